The van der Waals surface area contributed by atoms with E-state index in [4.69, 9.17) is 4.74 Å². The summed E-state index contributed by atoms with van der Waals surface area (Å²) >= 11 is 0. The second-order valence-corrected chi connectivity index (χ2v) is 5.25. The molecule has 0 atom stereocenters. The summed E-state index contributed by atoms with van der Waals surface area (Å²) in [5.41, 5.74) is 0.923. The van der Waals surface area contributed by atoms with Gasteiger partial charge < -0.3 is 15.4 Å². The molecule has 3 aromatic rings. The quantitative estimate of drug-likeness (QED) is 0.690. The predicted molar refractivity (Wildman–Crippen MR) is 96.9 cm³/mol. The Morgan fingerprint density at radius 2 is 1.48 bits per heavy atom. The van der Waals surface area contributed by atoms with Crippen molar-refractivity contribution in [2.45, 2.75) is 6.42 Å². The van der Waals surface area contributed by atoms with Gasteiger partial charge in [0.1, 0.15) is 5.75 Å². The fourth-order valence-corrected chi connectivity index (χ4v) is 2.12. The summed E-state index contributed by atoms with van der Waals surface area (Å²) in [6.07, 6.45) is 0.237. The number of hydrogen-bond acceptors (Lipinski definition) is 5. The van der Waals surface area contributed by atoms with E-state index in [0.29, 0.717) is 18.2 Å². The predicted octanol–water partition coefficient (Wildman–Crippen LogP) is 3.63. The van der Waals surface area contributed by atoms with Gasteiger partial charge in [-0.3, -0.25) is 4.79 Å². The SMILES string of the molecule is O=C(CCOc1ccccc1)Nc1ccc(Nc2ccccc2)nn1. The van der Waals surface area contributed by atoms with Crippen molar-refractivity contribution < 1.29 is 9.53 Å². The largest absolute Gasteiger partial charge is 0.493 e. The highest BCUT2D eigenvalue weighted by Gasteiger charge is 2.05. The molecular weight excluding hydrogens is 316 g/mol. The first kappa shape index (κ1) is 16.4. The van der Waals surface area contributed by atoms with Gasteiger partial charge in [-0.15, -0.1) is 10.2 Å². The molecule has 0 saturated carbocycles. The minimum absolute atomic E-state index is 0.172. The zero-order valence-corrected chi connectivity index (χ0v) is 13.6. The average Bonchev–Trinajstić information content (AvgIpc) is 2.65. The van der Waals surface area contributed by atoms with Crippen LogP contribution in [0, 0.1) is 0 Å². The summed E-state index contributed by atoms with van der Waals surface area (Å²) in [5.74, 6) is 1.58. The molecule has 0 aliphatic rings. The summed E-state index contributed by atoms with van der Waals surface area (Å²) < 4.78 is 5.49. The molecule has 0 saturated heterocycles. The van der Waals surface area contributed by atoms with Crippen LogP contribution in [0.1, 0.15) is 6.42 Å². The van der Waals surface area contributed by atoms with E-state index >= 15 is 0 Å². The number of carbonyl (C=O) groups is 1. The van der Waals surface area contributed by atoms with Crippen LogP contribution >= 0.6 is 0 Å². The minimum atomic E-state index is -0.172. The monoisotopic (exact) mass is 334 g/mol. The zero-order valence-electron chi connectivity index (χ0n) is 13.6. The molecule has 0 aliphatic carbocycles. The highest BCUT2D eigenvalue weighted by atomic mass is 16.5. The number of rotatable bonds is 7. The molecule has 1 heterocycles. The van der Waals surface area contributed by atoms with Gasteiger partial charge in [0.2, 0.25) is 5.91 Å². The summed E-state index contributed by atoms with van der Waals surface area (Å²) in [5, 5.41) is 13.9. The first-order chi connectivity index (χ1) is 12.3. The highest BCUT2D eigenvalue weighted by Crippen LogP contribution is 2.14. The van der Waals surface area contributed by atoms with E-state index in [1.54, 1.807) is 12.1 Å². The van der Waals surface area contributed by atoms with Gasteiger partial charge in [0, 0.05) is 5.69 Å². The van der Waals surface area contributed by atoms with Crippen LogP contribution < -0.4 is 15.4 Å². The Bertz CT molecular complexity index is 793. The number of aromatic nitrogens is 2. The molecule has 2 aromatic carbocycles. The third-order valence-electron chi connectivity index (χ3n) is 3.32. The van der Waals surface area contributed by atoms with Gasteiger partial charge in [-0.1, -0.05) is 36.4 Å². The van der Waals surface area contributed by atoms with Crippen molar-refractivity contribution >= 4 is 23.2 Å². The molecule has 0 radical (unpaired) electrons. The number of para-hydroxylation sites is 2. The van der Waals surface area contributed by atoms with Crippen molar-refractivity contribution in [2.75, 3.05) is 17.2 Å². The molecule has 6 heteroatoms. The Hall–Kier alpha value is -3.41. The topological polar surface area (TPSA) is 76.1 Å². The van der Waals surface area contributed by atoms with Gasteiger partial charge >= 0.3 is 0 Å². The number of nitrogens with one attached hydrogen (secondary N) is 2. The van der Waals surface area contributed by atoms with E-state index in [1.165, 1.54) is 0 Å². The van der Waals surface area contributed by atoms with Crippen molar-refractivity contribution in [3.8, 4) is 5.75 Å². The lowest BCUT2D eigenvalue weighted by Crippen LogP contribution is -2.16. The van der Waals surface area contributed by atoms with Crippen LogP contribution in [-0.2, 0) is 4.79 Å². The number of nitrogens with zero attached hydrogens (tertiary/aromatic N) is 2. The van der Waals surface area contributed by atoms with Crippen molar-refractivity contribution in [2.24, 2.45) is 0 Å². The molecule has 0 unspecified atom stereocenters. The standard InChI is InChI=1S/C19H18N4O2/c24-19(13-14-25-16-9-5-2-6-10-16)21-18-12-11-17(22-23-18)20-15-7-3-1-4-8-15/h1-12H,13-14H2,(H,20,22)(H,21,23,24). The van der Waals surface area contributed by atoms with Gasteiger partial charge in [0.25, 0.3) is 0 Å². The van der Waals surface area contributed by atoms with Gasteiger partial charge in [0.05, 0.1) is 13.0 Å². The second kappa shape index (κ2) is 8.44. The molecular formula is C19H18N4O2. The number of hydrogen-bond donors (Lipinski definition) is 2. The van der Waals surface area contributed by atoms with Crippen molar-refractivity contribution in [3.63, 3.8) is 0 Å². The molecule has 6 nitrogen and oxygen atoms in total. The van der Waals surface area contributed by atoms with Gasteiger partial charge in [0.15, 0.2) is 11.6 Å². The molecule has 0 aliphatic heterocycles. The van der Waals surface area contributed by atoms with Crippen LogP contribution in [0.25, 0.3) is 0 Å². The maximum Gasteiger partial charge on any atom is 0.229 e. The number of anilines is 3. The Kier molecular flexibility index (Phi) is 5.56. The molecule has 0 fully saturated rings. The maximum atomic E-state index is 11.9. The Morgan fingerprint density at radius 3 is 2.16 bits per heavy atom. The number of benzene rings is 2. The Balaban J connectivity index is 1.45. The molecule has 2 N–H and O–H groups in total. The van der Waals surface area contributed by atoms with E-state index in [2.05, 4.69) is 20.8 Å². The first-order valence-electron chi connectivity index (χ1n) is 7.93. The highest BCUT2D eigenvalue weighted by molar-refractivity contribution is 5.89. The van der Waals surface area contributed by atoms with Crippen LogP contribution in [0.5, 0.6) is 5.75 Å². The molecule has 3 rings (SSSR count). The van der Waals surface area contributed by atoms with Gasteiger partial charge in [-0.25, -0.2) is 0 Å². The van der Waals surface area contributed by atoms with Crippen LogP contribution in [0.3, 0.4) is 0 Å². The lowest BCUT2D eigenvalue weighted by molar-refractivity contribution is -0.116. The fourth-order valence-electron chi connectivity index (χ4n) is 2.12. The van der Waals surface area contributed by atoms with Crippen LogP contribution in [-0.4, -0.2) is 22.7 Å². The molecule has 0 spiro atoms. The van der Waals surface area contributed by atoms with Gasteiger partial charge in [-0.05, 0) is 36.4 Å². The molecule has 1 aromatic heterocycles. The summed E-state index contributed by atoms with van der Waals surface area (Å²) in [7, 11) is 0. The molecule has 0 bridgehead atoms. The molecule has 126 valence electrons. The van der Waals surface area contributed by atoms with E-state index in [9.17, 15) is 4.79 Å². The number of carbonyl (C=O) groups excluding carboxylic acids is 1. The fraction of sp³-hybridized carbons (Fsp3) is 0.105. The number of ether oxygens (including phenoxy) is 1. The summed E-state index contributed by atoms with van der Waals surface area (Å²) in [6.45, 7) is 0.303. The zero-order chi connectivity index (χ0) is 17.3. The van der Waals surface area contributed by atoms with E-state index in [1.807, 2.05) is 60.7 Å². The lowest BCUT2D eigenvalue weighted by atomic mass is 10.3. The Labute approximate surface area is 145 Å². The van der Waals surface area contributed by atoms with Gasteiger partial charge in [-0.2, -0.15) is 0 Å². The third kappa shape index (κ3) is 5.31. The molecule has 25 heavy (non-hydrogen) atoms. The minimum Gasteiger partial charge on any atom is -0.493 e. The maximum absolute atomic E-state index is 11.9. The number of amides is 1. The van der Waals surface area contributed by atoms with Crippen LogP contribution in [0.2, 0.25) is 0 Å². The van der Waals surface area contributed by atoms with Crippen LogP contribution in [0.4, 0.5) is 17.3 Å². The lowest BCUT2D eigenvalue weighted by Gasteiger charge is -2.07. The first-order valence-corrected chi connectivity index (χ1v) is 7.93. The van der Waals surface area contributed by atoms with E-state index in [-0.39, 0.29) is 12.3 Å². The van der Waals surface area contributed by atoms with Crippen molar-refractivity contribution in [1.29, 1.82) is 0 Å². The van der Waals surface area contributed by atoms with Crippen LogP contribution in [0.15, 0.2) is 72.8 Å². The summed E-state index contributed by atoms with van der Waals surface area (Å²) in [6, 6.07) is 22.5. The summed E-state index contributed by atoms with van der Waals surface area (Å²) in [4.78, 5) is 11.9. The Morgan fingerprint density at radius 1 is 0.840 bits per heavy atom. The smallest absolute Gasteiger partial charge is 0.229 e. The van der Waals surface area contributed by atoms with E-state index < -0.39 is 0 Å². The second-order valence-electron chi connectivity index (χ2n) is 5.25. The van der Waals surface area contributed by atoms with Crippen molar-refractivity contribution in [1.82, 2.24) is 10.2 Å². The van der Waals surface area contributed by atoms with Crippen molar-refractivity contribution in [3.05, 3.63) is 72.8 Å². The average molecular weight is 334 g/mol. The third-order valence-corrected chi connectivity index (χ3v) is 3.32. The van der Waals surface area contributed by atoms with E-state index in [0.717, 1.165) is 11.4 Å². The molecule has 1 amide bonds. The normalized spacial score (nSPS) is 10.1.